The molecule has 1 rings (SSSR count). The molecule has 3 nitrogen and oxygen atoms in total. The summed E-state index contributed by atoms with van der Waals surface area (Å²) in [6.07, 6.45) is 2.23. The summed E-state index contributed by atoms with van der Waals surface area (Å²) in [6, 6.07) is 1.57. The lowest BCUT2D eigenvalue weighted by molar-refractivity contribution is 0.112. The van der Waals surface area contributed by atoms with Crippen molar-refractivity contribution in [1.29, 1.82) is 0 Å². The minimum Gasteiger partial charge on any atom is -0.372 e. The maximum Gasteiger partial charge on any atom is 0.151 e. The van der Waals surface area contributed by atoms with Gasteiger partial charge in [0.15, 0.2) is 6.29 Å². The van der Waals surface area contributed by atoms with E-state index in [2.05, 4.69) is 10.3 Å². The summed E-state index contributed by atoms with van der Waals surface area (Å²) >= 11 is 5.75. The zero-order valence-corrected chi connectivity index (χ0v) is 6.72. The Kier molecular flexibility index (Phi) is 2.44. The molecule has 11 heavy (non-hydrogen) atoms. The summed E-state index contributed by atoms with van der Waals surface area (Å²) in [5.41, 5.74) is 0.450. The van der Waals surface area contributed by atoms with Crippen LogP contribution in [0.2, 0.25) is 5.02 Å². The van der Waals surface area contributed by atoms with Crippen LogP contribution in [0.5, 0.6) is 0 Å². The van der Waals surface area contributed by atoms with E-state index in [0.717, 1.165) is 0 Å². The van der Waals surface area contributed by atoms with Crippen LogP contribution in [0.3, 0.4) is 0 Å². The minimum absolute atomic E-state index is 0.366. The Morgan fingerprint density at radius 1 is 1.73 bits per heavy atom. The lowest BCUT2D eigenvalue weighted by Gasteiger charge is -2.01. The normalized spacial score (nSPS) is 9.27. The van der Waals surface area contributed by atoms with E-state index >= 15 is 0 Å². The van der Waals surface area contributed by atoms with Crippen LogP contribution in [0, 0.1) is 0 Å². The molecule has 1 N–H and O–H groups in total. The molecule has 0 saturated carbocycles. The van der Waals surface area contributed by atoms with Crippen molar-refractivity contribution in [2.24, 2.45) is 0 Å². The highest BCUT2D eigenvalue weighted by atomic mass is 35.5. The number of halogens is 1. The maximum atomic E-state index is 10.4. The summed E-state index contributed by atoms with van der Waals surface area (Å²) < 4.78 is 0. The van der Waals surface area contributed by atoms with E-state index in [9.17, 15) is 4.79 Å². The van der Waals surface area contributed by atoms with E-state index < -0.39 is 0 Å². The van der Waals surface area contributed by atoms with Crippen LogP contribution < -0.4 is 5.32 Å². The first-order chi connectivity index (χ1) is 5.29. The Labute approximate surface area is 69.4 Å². The van der Waals surface area contributed by atoms with Gasteiger partial charge in [-0.3, -0.25) is 4.79 Å². The molecule has 0 fully saturated rings. The number of hydrogen-bond donors (Lipinski definition) is 1. The lowest BCUT2D eigenvalue weighted by Crippen LogP contribution is -1.95. The average Bonchev–Trinajstić information content (AvgIpc) is 2.05. The predicted molar refractivity (Wildman–Crippen MR) is 44.2 cm³/mol. The standard InChI is InChI=1S/C7H7ClN2O/c1-9-7-6(8)5(4-11)2-3-10-7/h2-4H,1H3,(H,9,10). The van der Waals surface area contributed by atoms with Gasteiger partial charge in [0.1, 0.15) is 5.82 Å². The number of carbonyl (C=O) groups excluding carboxylic acids is 1. The molecular weight excluding hydrogens is 164 g/mol. The molecule has 0 amide bonds. The molecule has 0 radical (unpaired) electrons. The van der Waals surface area contributed by atoms with Crippen molar-refractivity contribution in [2.75, 3.05) is 12.4 Å². The van der Waals surface area contributed by atoms with Gasteiger partial charge < -0.3 is 5.32 Å². The monoisotopic (exact) mass is 170 g/mol. The van der Waals surface area contributed by atoms with Crippen molar-refractivity contribution in [3.05, 3.63) is 22.8 Å². The molecule has 0 spiro atoms. The third-order valence-electron chi connectivity index (χ3n) is 1.28. The third kappa shape index (κ3) is 1.49. The van der Waals surface area contributed by atoms with Crippen LogP contribution in [0.4, 0.5) is 5.82 Å². The topological polar surface area (TPSA) is 42.0 Å². The van der Waals surface area contributed by atoms with Gasteiger partial charge >= 0.3 is 0 Å². The van der Waals surface area contributed by atoms with E-state index in [4.69, 9.17) is 11.6 Å². The second-order valence-electron chi connectivity index (χ2n) is 1.93. The number of rotatable bonds is 2. The van der Waals surface area contributed by atoms with Crippen LogP contribution in [0.25, 0.3) is 0 Å². The van der Waals surface area contributed by atoms with Crippen LogP contribution in [-0.2, 0) is 0 Å². The Balaban J connectivity index is 3.20. The van der Waals surface area contributed by atoms with Gasteiger partial charge in [-0.15, -0.1) is 0 Å². The second kappa shape index (κ2) is 3.34. The molecular formula is C7H7ClN2O. The van der Waals surface area contributed by atoms with Crippen molar-refractivity contribution in [3.8, 4) is 0 Å². The van der Waals surface area contributed by atoms with Gasteiger partial charge in [0.25, 0.3) is 0 Å². The van der Waals surface area contributed by atoms with Crippen LogP contribution in [0.15, 0.2) is 12.3 Å². The van der Waals surface area contributed by atoms with Gasteiger partial charge in [-0.1, -0.05) is 11.6 Å². The number of anilines is 1. The predicted octanol–water partition coefficient (Wildman–Crippen LogP) is 1.59. The molecule has 0 aliphatic rings. The third-order valence-corrected chi connectivity index (χ3v) is 1.68. The first-order valence-electron chi connectivity index (χ1n) is 3.07. The minimum atomic E-state index is 0.366. The van der Waals surface area contributed by atoms with Crippen molar-refractivity contribution < 1.29 is 4.79 Å². The lowest BCUT2D eigenvalue weighted by atomic mass is 10.3. The molecule has 1 aromatic rings. The van der Waals surface area contributed by atoms with E-state index in [1.807, 2.05) is 0 Å². The summed E-state index contributed by atoms with van der Waals surface area (Å²) in [7, 11) is 1.70. The first kappa shape index (κ1) is 8.01. The number of nitrogens with one attached hydrogen (secondary N) is 1. The number of nitrogens with zero attached hydrogens (tertiary/aromatic N) is 1. The van der Waals surface area contributed by atoms with E-state index in [0.29, 0.717) is 22.7 Å². The van der Waals surface area contributed by atoms with Gasteiger partial charge in [-0.2, -0.15) is 0 Å². The number of carbonyl (C=O) groups is 1. The highest BCUT2D eigenvalue weighted by Gasteiger charge is 2.03. The molecule has 4 heteroatoms. The van der Waals surface area contributed by atoms with Crippen LogP contribution in [0.1, 0.15) is 10.4 Å². The fourth-order valence-electron chi connectivity index (χ4n) is 0.724. The maximum absolute atomic E-state index is 10.4. The molecule has 0 atom stereocenters. The highest BCUT2D eigenvalue weighted by molar-refractivity contribution is 6.35. The second-order valence-corrected chi connectivity index (χ2v) is 2.31. The summed E-state index contributed by atoms with van der Waals surface area (Å²) in [5, 5.41) is 3.13. The fourth-order valence-corrected chi connectivity index (χ4v) is 0.975. The summed E-state index contributed by atoms with van der Waals surface area (Å²) in [5.74, 6) is 0.524. The molecule has 58 valence electrons. The van der Waals surface area contributed by atoms with Gasteiger partial charge in [0, 0.05) is 18.8 Å². The number of hydrogen-bond acceptors (Lipinski definition) is 3. The van der Waals surface area contributed by atoms with Crippen molar-refractivity contribution in [1.82, 2.24) is 4.98 Å². The number of aromatic nitrogens is 1. The smallest absolute Gasteiger partial charge is 0.151 e. The molecule has 0 bridgehead atoms. The molecule has 0 aromatic carbocycles. The Morgan fingerprint density at radius 2 is 2.45 bits per heavy atom. The van der Waals surface area contributed by atoms with Gasteiger partial charge in [0.2, 0.25) is 0 Å². The molecule has 1 aromatic heterocycles. The Bertz CT molecular complexity index is 275. The van der Waals surface area contributed by atoms with Gasteiger partial charge in [-0.05, 0) is 6.07 Å². The zero-order chi connectivity index (χ0) is 8.27. The number of aldehydes is 1. The van der Waals surface area contributed by atoms with Crippen molar-refractivity contribution in [3.63, 3.8) is 0 Å². The largest absolute Gasteiger partial charge is 0.372 e. The first-order valence-corrected chi connectivity index (χ1v) is 3.45. The van der Waals surface area contributed by atoms with E-state index in [1.165, 1.54) is 6.20 Å². The molecule has 0 saturated heterocycles. The number of pyridine rings is 1. The average molecular weight is 171 g/mol. The van der Waals surface area contributed by atoms with E-state index in [1.54, 1.807) is 13.1 Å². The summed E-state index contributed by atoms with van der Waals surface area (Å²) in [4.78, 5) is 14.3. The van der Waals surface area contributed by atoms with Crippen LogP contribution in [-0.4, -0.2) is 18.3 Å². The van der Waals surface area contributed by atoms with Gasteiger partial charge in [0.05, 0.1) is 5.02 Å². The Morgan fingerprint density at radius 3 is 3.00 bits per heavy atom. The van der Waals surface area contributed by atoms with Crippen LogP contribution >= 0.6 is 11.6 Å². The SMILES string of the molecule is CNc1nccc(C=O)c1Cl. The molecule has 0 aliphatic carbocycles. The quantitative estimate of drug-likeness (QED) is 0.686. The van der Waals surface area contributed by atoms with E-state index in [-0.39, 0.29) is 0 Å². The van der Waals surface area contributed by atoms with Gasteiger partial charge in [-0.25, -0.2) is 4.98 Å². The summed E-state index contributed by atoms with van der Waals surface area (Å²) in [6.45, 7) is 0. The molecule has 1 heterocycles. The Hall–Kier alpha value is -1.09. The highest BCUT2D eigenvalue weighted by Crippen LogP contribution is 2.20. The van der Waals surface area contributed by atoms with Crippen molar-refractivity contribution >= 4 is 23.7 Å². The van der Waals surface area contributed by atoms with Crippen molar-refractivity contribution in [2.45, 2.75) is 0 Å². The molecule has 0 unspecified atom stereocenters. The fraction of sp³-hybridized carbons (Fsp3) is 0.143. The molecule has 0 aliphatic heterocycles. The zero-order valence-electron chi connectivity index (χ0n) is 5.97.